The summed E-state index contributed by atoms with van der Waals surface area (Å²) in [6.45, 7) is 4.45. The average molecular weight is 269 g/mol. The van der Waals surface area contributed by atoms with Crippen molar-refractivity contribution in [1.29, 1.82) is 0 Å². The number of benzene rings is 1. The zero-order valence-electron chi connectivity index (χ0n) is 9.20. The minimum atomic E-state index is 0.483. The van der Waals surface area contributed by atoms with Crippen molar-refractivity contribution in [3.05, 3.63) is 34.3 Å². The van der Waals surface area contributed by atoms with Gasteiger partial charge in [-0.2, -0.15) is 0 Å². The predicted octanol–water partition coefficient (Wildman–Crippen LogP) is 2.41. The van der Waals surface area contributed by atoms with Gasteiger partial charge in [0.1, 0.15) is 0 Å². The highest BCUT2D eigenvalue weighted by Gasteiger charge is 2.26. The summed E-state index contributed by atoms with van der Waals surface area (Å²) in [7, 11) is 2.20. The van der Waals surface area contributed by atoms with Crippen molar-refractivity contribution >= 4 is 15.9 Å². The van der Waals surface area contributed by atoms with Gasteiger partial charge in [-0.3, -0.25) is 4.90 Å². The summed E-state index contributed by atoms with van der Waals surface area (Å²) >= 11 is 3.53. The van der Waals surface area contributed by atoms with E-state index in [9.17, 15) is 0 Å². The molecule has 1 aromatic carbocycles. The summed E-state index contributed by atoms with van der Waals surface area (Å²) in [5.74, 6) is 0. The second kappa shape index (κ2) is 4.64. The van der Waals surface area contributed by atoms with E-state index in [0.717, 1.165) is 17.6 Å². The van der Waals surface area contributed by atoms with Gasteiger partial charge >= 0.3 is 0 Å². The molecule has 2 atom stereocenters. The van der Waals surface area contributed by atoms with Crippen LogP contribution in [0.1, 0.15) is 18.5 Å². The van der Waals surface area contributed by atoms with Crippen molar-refractivity contribution in [3.63, 3.8) is 0 Å². The van der Waals surface area contributed by atoms with Gasteiger partial charge in [0.25, 0.3) is 0 Å². The van der Waals surface area contributed by atoms with E-state index in [4.69, 9.17) is 0 Å². The Labute approximate surface area is 99.8 Å². The third-order valence-corrected chi connectivity index (χ3v) is 3.56. The Morgan fingerprint density at radius 1 is 1.47 bits per heavy atom. The van der Waals surface area contributed by atoms with Gasteiger partial charge in [-0.25, -0.2) is 0 Å². The number of nitrogens with one attached hydrogen (secondary N) is 1. The summed E-state index contributed by atoms with van der Waals surface area (Å²) < 4.78 is 1.16. The third kappa shape index (κ3) is 2.41. The maximum atomic E-state index is 3.53. The summed E-state index contributed by atoms with van der Waals surface area (Å²) in [6, 6.07) is 9.59. The van der Waals surface area contributed by atoms with Gasteiger partial charge in [0, 0.05) is 29.6 Å². The van der Waals surface area contributed by atoms with Gasteiger partial charge in [-0.05, 0) is 31.7 Å². The van der Waals surface area contributed by atoms with E-state index in [1.807, 2.05) is 0 Å². The van der Waals surface area contributed by atoms with Crippen LogP contribution in [0.2, 0.25) is 0 Å². The topological polar surface area (TPSA) is 15.3 Å². The molecule has 0 bridgehead atoms. The zero-order chi connectivity index (χ0) is 10.8. The fraction of sp³-hybridized carbons (Fsp3) is 0.500. The predicted molar refractivity (Wildman–Crippen MR) is 67.0 cm³/mol. The van der Waals surface area contributed by atoms with Crippen molar-refractivity contribution in [2.24, 2.45) is 0 Å². The van der Waals surface area contributed by atoms with Gasteiger partial charge in [-0.15, -0.1) is 0 Å². The van der Waals surface area contributed by atoms with Gasteiger partial charge in [0.2, 0.25) is 0 Å². The molecule has 2 unspecified atom stereocenters. The number of rotatable bonds is 1. The van der Waals surface area contributed by atoms with E-state index in [0.29, 0.717) is 12.1 Å². The van der Waals surface area contributed by atoms with Crippen LogP contribution in [0.4, 0.5) is 0 Å². The number of hydrogen-bond donors (Lipinski definition) is 1. The Morgan fingerprint density at radius 2 is 2.27 bits per heavy atom. The first kappa shape index (κ1) is 11.1. The molecule has 1 aliphatic heterocycles. The Bertz CT molecular complexity index is 330. The van der Waals surface area contributed by atoms with E-state index in [-0.39, 0.29) is 0 Å². The molecule has 2 rings (SSSR count). The minimum Gasteiger partial charge on any atom is -0.311 e. The molecule has 1 aromatic rings. The number of piperazine rings is 1. The third-order valence-electron chi connectivity index (χ3n) is 3.07. The molecule has 82 valence electrons. The first-order valence-electron chi connectivity index (χ1n) is 5.37. The Hall–Kier alpha value is -0.380. The summed E-state index contributed by atoms with van der Waals surface area (Å²) in [6.07, 6.45) is 0. The molecule has 0 aromatic heterocycles. The van der Waals surface area contributed by atoms with Crippen molar-refractivity contribution in [2.75, 3.05) is 20.1 Å². The molecular weight excluding hydrogens is 252 g/mol. The Morgan fingerprint density at radius 3 is 2.93 bits per heavy atom. The van der Waals surface area contributed by atoms with Crippen LogP contribution in [-0.4, -0.2) is 31.1 Å². The molecule has 1 fully saturated rings. The van der Waals surface area contributed by atoms with Crippen molar-refractivity contribution in [2.45, 2.75) is 19.0 Å². The molecule has 1 aliphatic rings. The molecule has 0 aliphatic carbocycles. The fourth-order valence-electron chi connectivity index (χ4n) is 2.33. The highest BCUT2D eigenvalue weighted by molar-refractivity contribution is 9.10. The number of hydrogen-bond acceptors (Lipinski definition) is 2. The van der Waals surface area contributed by atoms with Crippen molar-refractivity contribution in [3.8, 4) is 0 Å². The second-order valence-electron chi connectivity index (χ2n) is 4.22. The first-order valence-corrected chi connectivity index (χ1v) is 6.17. The molecule has 1 N–H and O–H groups in total. The number of likely N-dealkylation sites (N-methyl/N-ethyl adjacent to an activating group) is 1. The standard InChI is InChI=1S/C12H17BrN2/c1-9-12(15(2)7-6-14-9)10-4-3-5-11(13)8-10/h3-5,8-9,12,14H,6-7H2,1-2H3. The van der Waals surface area contributed by atoms with E-state index in [1.54, 1.807) is 0 Å². The van der Waals surface area contributed by atoms with Crippen LogP contribution in [0, 0.1) is 0 Å². The van der Waals surface area contributed by atoms with Crippen LogP contribution in [0.3, 0.4) is 0 Å². The molecule has 0 amide bonds. The van der Waals surface area contributed by atoms with Crippen LogP contribution in [0.25, 0.3) is 0 Å². The second-order valence-corrected chi connectivity index (χ2v) is 5.14. The van der Waals surface area contributed by atoms with E-state index >= 15 is 0 Å². The molecule has 0 radical (unpaired) electrons. The molecule has 0 saturated carbocycles. The van der Waals surface area contributed by atoms with Crippen molar-refractivity contribution in [1.82, 2.24) is 10.2 Å². The maximum Gasteiger partial charge on any atom is 0.0496 e. The van der Waals surface area contributed by atoms with Gasteiger partial charge in [-0.1, -0.05) is 28.1 Å². The minimum absolute atomic E-state index is 0.483. The molecule has 1 saturated heterocycles. The Balaban J connectivity index is 2.27. The SMILES string of the molecule is CC1NCCN(C)C1c1cccc(Br)c1. The number of nitrogens with zero attached hydrogens (tertiary/aromatic N) is 1. The number of halogens is 1. The molecule has 0 spiro atoms. The summed E-state index contributed by atoms with van der Waals surface area (Å²) in [5, 5.41) is 3.52. The average Bonchev–Trinajstić information content (AvgIpc) is 2.17. The van der Waals surface area contributed by atoms with Crippen molar-refractivity contribution < 1.29 is 0 Å². The normalized spacial score (nSPS) is 27.9. The van der Waals surface area contributed by atoms with Gasteiger partial charge in [0.15, 0.2) is 0 Å². The van der Waals surface area contributed by atoms with E-state index in [1.165, 1.54) is 5.56 Å². The monoisotopic (exact) mass is 268 g/mol. The zero-order valence-corrected chi connectivity index (χ0v) is 10.8. The fourth-order valence-corrected chi connectivity index (χ4v) is 2.75. The molecule has 2 nitrogen and oxygen atoms in total. The lowest BCUT2D eigenvalue weighted by molar-refractivity contribution is 0.159. The lowest BCUT2D eigenvalue weighted by Crippen LogP contribution is -2.49. The Kier molecular flexibility index (Phi) is 3.44. The van der Waals surface area contributed by atoms with Gasteiger partial charge in [0.05, 0.1) is 0 Å². The largest absolute Gasteiger partial charge is 0.311 e. The van der Waals surface area contributed by atoms with E-state index in [2.05, 4.69) is 64.4 Å². The highest BCUT2D eigenvalue weighted by Crippen LogP contribution is 2.27. The van der Waals surface area contributed by atoms with Crippen LogP contribution in [-0.2, 0) is 0 Å². The van der Waals surface area contributed by atoms with Crippen LogP contribution in [0.5, 0.6) is 0 Å². The molecular formula is C12H17BrN2. The highest BCUT2D eigenvalue weighted by atomic mass is 79.9. The van der Waals surface area contributed by atoms with Crippen LogP contribution in [0.15, 0.2) is 28.7 Å². The van der Waals surface area contributed by atoms with Crippen LogP contribution < -0.4 is 5.32 Å². The lowest BCUT2D eigenvalue weighted by Gasteiger charge is -2.38. The summed E-state index contributed by atoms with van der Waals surface area (Å²) in [5.41, 5.74) is 1.38. The lowest BCUT2D eigenvalue weighted by atomic mass is 9.97. The van der Waals surface area contributed by atoms with E-state index < -0.39 is 0 Å². The quantitative estimate of drug-likeness (QED) is 0.842. The molecule has 3 heteroatoms. The smallest absolute Gasteiger partial charge is 0.0496 e. The maximum absolute atomic E-state index is 3.53. The molecule has 1 heterocycles. The van der Waals surface area contributed by atoms with Crippen LogP contribution >= 0.6 is 15.9 Å². The summed E-state index contributed by atoms with van der Waals surface area (Å²) in [4.78, 5) is 2.42. The van der Waals surface area contributed by atoms with Gasteiger partial charge < -0.3 is 5.32 Å². The molecule has 15 heavy (non-hydrogen) atoms. The first-order chi connectivity index (χ1) is 7.18.